The van der Waals surface area contributed by atoms with Gasteiger partial charge in [-0.1, -0.05) is 65.7 Å². The summed E-state index contributed by atoms with van der Waals surface area (Å²) < 4.78 is 44.4. The van der Waals surface area contributed by atoms with E-state index >= 15 is 0 Å². The molecule has 1 aliphatic heterocycles. The zero-order valence-electron chi connectivity index (χ0n) is 17.9. The standard InChI is InChI=1S/C24H19ClFN5O2S/c1-15-10-12-17(13-11-15)34(32,33)30-23-28-24-27-20(16-6-3-2-4-7-16)14-21(31(24)29-23)22-18(25)8-5-9-19(22)26/h2-14,21H,1H3,(H2,27,28,29,30). The molecule has 10 heteroatoms. The number of allylic oxidation sites excluding steroid dienone is 1. The molecule has 0 spiro atoms. The Morgan fingerprint density at radius 2 is 1.76 bits per heavy atom. The summed E-state index contributed by atoms with van der Waals surface area (Å²) in [4.78, 5) is 4.41. The topological polar surface area (TPSA) is 88.9 Å². The van der Waals surface area contributed by atoms with Crippen LogP contribution in [0.25, 0.3) is 5.70 Å². The van der Waals surface area contributed by atoms with Crippen molar-refractivity contribution in [2.75, 3.05) is 10.0 Å². The molecule has 0 bridgehead atoms. The average molecular weight is 496 g/mol. The van der Waals surface area contributed by atoms with Gasteiger partial charge in [0.05, 0.1) is 4.90 Å². The third-order valence-corrected chi connectivity index (χ3v) is 7.08. The van der Waals surface area contributed by atoms with E-state index in [2.05, 4.69) is 20.1 Å². The number of sulfonamides is 1. The molecule has 4 aromatic rings. The van der Waals surface area contributed by atoms with Gasteiger partial charge in [-0.3, -0.25) is 0 Å². The minimum absolute atomic E-state index is 0.0793. The van der Waals surface area contributed by atoms with Crippen LogP contribution < -0.4 is 10.0 Å². The largest absolute Gasteiger partial charge is 0.324 e. The molecule has 1 unspecified atom stereocenters. The van der Waals surface area contributed by atoms with Crippen molar-refractivity contribution in [1.29, 1.82) is 0 Å². The third kappa shape index (κ3) is 4.15. The van der Waals surface area contributed by atoms with E-state index in [4.69, 9.17) is 11.6 Å². The van der Waals surface area contributed by atoms with Crippen LogP contribution in [0.2, 0.25) is 5.02 Å². The zero-order chi connectivity index (χ0) is 23.9. The predicted octanol–water partition coefficient (Wildman–Crippen LogP) is 5.24. The summed E-state index contributed by atoms with van der Waals surface area (Å²) >= 11 is 6.37. The number of nitrogens with zero attached hydrogens (tertiary/aromatic N) is 3. The minimum atomic E-state index is -3.93. The van der Waals surface area contributed by atoms with E-state index in [1.807, 2.05) is 37.3 Å². The first-order chi connectivity index (χ1) is 16.3. The number of halogens is 2. The van der Waals surface area contributed by atoms with E-state index in [-0.39, 0.29) is 27.4 Å². The van der Waals surface area contributed by atoms with Gasteiger partial charge in [-0.15, -0.1) is 5.10 Å². The van der Waals surface area contributed by atoms with Crippen molar-refractivity contribution in [2.45, 2.75) is 17.9 Å². The first kappa shape index (κ1) is 22.1. The highest BCUT2D eigenvalue weighted by molar-refractivity contribution is 7.92. The molecule has 2 N–H and O–H groups in total. The van der Waals surface area contributed by atoms with Crippen LogP contribution in [-0.2, 0) is 10.0 Å². The number of aryl methyl sites for hydroxylation is 1. The van der Waals surface area contributed by atoms with Crippen molar-refractivity contribution < 1.29 is 12.8 Å². The molecule has 0 aliphatic carbocycles. The quantitative estimate of drug-likeness (QED) is 0.395. The summed E-state index contributed by atoms with van der Waals surface area (Å²) in [5.74, 6) is -0.415. The number of hydrogen-bond donors (Lipinski definition) is 2. The molecular weight excluding hydrogens is 477 g/mol. The van der Waals surface area contributed by atoms with Gasteiger partial charge in [-0.05, 0) is 42.8 Å². The lowest BCUT2D eigenvalue weighted by molar-refractivity contribution is 0.552. The van der Waals surface area contributed by atoms with E-state index < -0.39 is 21.9 Å². The van der Waals surface area contributed by atoms with Crippen molar-refractivity contribution in [1.82, 2.24) is 14.8 Å². The van der Waals surface area contributed by atoms with Crippen LogP contribution >= 0.6 is 11.6 Å². The van der Waals surface area contributed by atoms with Crippen LogP contribution in [0.4, 0.5) is 16.3 Å². The van der Waals surface area contributed by atoms with Gasteiger partial charge >= 0.3 is 0 Å². The lowest BCUT2D eigenvalue weighted by atomic mass is 10.0. The monoisotopic (exact) mass is 495 g/mol. The number of anilines is 2. The molecular formula is C24H19ClFN5O2S. The summed E-state index contributed by atoms with van der Waals surface area (Å²) in [6, 6.07) is 19.5. The number of rotatable bonds is 5. The average Bonchev–Trinajstić information content (AvgIpc) is 3.21. The molecule has 0 radical (unpaired) electrons. The first-order valence-corrected chi connectivity index (χ1v) is 12.2. The van der Waals surface area contributed by atoms with E-state index in [9.17, 15) is 12.8 Å². The summed E-state index contributed by atoms with van der Waals surface area (Å²) in [5, 5.41) is 7.71. The Morgan fingerprint density at radius 3 is 2.47 bits per heavy atom. The molecule has 3 aromatic carbocycles. The van der Waals surface area contributed by atoms with Crippen molar-refractivity contribution in [3.8, 4) is 0 Å². The van der Waals surface area contributed by atoms with Crippen molar-refractivity contribution >= 4 is 39.2 Å². The molecule has 34 heavy (non-hydrogen) atoms. The summed E-state index contributed by atoms with van der Waals surface area (Å²) in [6.45, 7) is 1.87. The maximum atomic E-state index is 14.9. The van der Waals surface area contributed by atoms with Crippen LogP contribution in [0.15, 0.2) is 83.8 Å². The Labute approximate surface area is 201 Å². The van der Waals surface area contributed by atoms with Crippen molar-refractivity contribution in [3.05, 3.63) is 106 Å². The number of hydrogen-bond acceptors (Lipinski definition) is 5. The van der Waals surface area contributed by atoms with Gasteiger partial charge in [0.25, 0.3) is 16.0 Å². The van der Waals surface area contributed by atoms with Gasteiger partial charge in [-0.2, -0.15) is 4.98 Å². The molecule has 0 fully saturated rings. The fraction of sp³-hybridized carbons (Fsp3) is 0.0833. The Balaban J connectivity index is 1.58. The predicted molar refractivity (Wildman–Crippen MR) is 130 cm³/mol. The maximum Gasteiger partial charge on any atom is 0.264 e. The SMILES string of the molecule is Cc1ccc(S(=O)(=O)Nc2nc3n(n2)C(c2c(F)cccc2Cl)C=C(c2ccccc2)N3)cc1. The van der Waals surface area contributed by atoms with E-state index in [1.54, 1.807) is 24.3 Å². The first-order valence-electron chi connectivity index (χ1n) is 10.4. The molecule has 0 amide bonds. The number of nitrogens with one attached hydrogen (secondary N) is 2. The third-order valence-electron chi connectivity index (χ3n) is 5.40. The molecule has 5 rings (SSSR count). The van der Waals surface area contributed by atoms with Crippen LogP contribution in [0.3, 0.4) is 0 Å². The maximum absolute atomic E-state index is 14.9. The molecule has 1 aromatic heterocycles. The molecule has 1 aliphatic rings. The van der Waals surface area contributed by atoms with Crippen LogP contribution in [0, 0.1) is 12.7 Å². The number of fused-ring (bicyclic) bond motifs is 1. The number of aromatic nitrogens is 3. The van der Waals surface area contributed by atoms with E-state index in [0.29, 0.717) is 5.70 Å². The highest BCUT2D eigenvalue weighted by Gasteiger charge is 2.30. The smallest absolute Gasteiger partial charge is 0.264 e. The highest BCUT2D eigenvalue weighted by Crippen LogP contribution is 2.37. The Morgan fingerprint density at radius 1 is 1.03 bits per heavy atom. The molecule has 2 heterocycles. The second-order valence-electron chi connectivity index (χ2n) is 7.77. The normalized spacial score (nSPS) is 15.3. The second-order valence-corrected chi connectivity index (χ2v) is 9.86. The highest BCUT2D eigenvalue weighted by atomic mass is 35.5. The van der Waals surface area contributed by atoms with Crippen molar-refractivity contribution in [2.24, 2.45) is 0 Å². The van der Waals surface area contributed by atoms with Gasteiger partial charge in [0.15, 0.2) is 0 Å². The molecule has 1 atom stereocenters. The zero-order valence-corrected chi connectivity index (χ0v) is 19.5. The fourth-order valence-corrected chi connectivity index (χ4v) is 4.93. The van der Waals surface area contributed by atoms with Gasteiger partial charge in [0, 0.05) is 16.3 Å². The fourth-order valence-electron chi connectivity index (χ4n) is 3.72. The molecule has 0 saturated heterocycles. The van der Waals surface area contributed by atoms with Gasteiger partial charge in [0.2, 0.25) is 5.95 Å². The van der Waals surface area contributed by atoms with Gasteiger partial charge < -0.3 is 5.32 Å². The molecule has 172 valence electrons. The summed E-state index contributed by atoms with van der Waals surface area (Å²) in [7, 11) is -3.93. The summed E-state index contributed by atoms with van der Waals surface area (Å²) in [5.41, 5.74) is 2.65. The lowest BCUT2D eigenvalue weighted by Crippen LogP contribution is -2.21. The molecule has 7 nitrogen and oxygen atoms in total. The van der Waals surface area contributed by atoms with E-state index in [0.717, 1.165) is 11.1 Å². The van der Waals surface area contributed by atoms with Gasteiger partial charge in [0.1, 0.15) is 11.9 Å². The lowest BCUT2D eigenvalue weighted by Gasteiger charge is -2.25. The summed E-state index contributed by atoms with van der Waals surface area (Å²) in [6.07, 6.45) is 1.78. The minimum Gasteiger partial charge on any atom is -0.324 e. The number of benzene rings is 3. The molecule has 0 saturated carbocycles. The Bertz CT molecular complexity index is 1480. The van der Waals surface area contributed by atoms with Crippen LogP contribution in [0.1, 0.15) is 22.7 Å². The van der Waals surface area contributed by atoms with Crippen molar-refractivity contribution in [3.63, 3.8) is 0 Å². The Kier molecular flexibility index (Phi) is 5.59. The van der Waals surface area contributed by atoms with Gasteiger partial charge in [-0.25, -0.2) is 22.2 Å². The van der Waals surface area contributed by atoms with Crippen LogP contribution in [0.5, 0.6) is 0 Å². The Hall–Kier alpha value is -3.69. The second kappa shape index (κ2) is 8.58. The van der Waals surface area contributed by atoms with E-state index in [1.165, 1.54) is 28.9 Å². The van der Waals surface area contributed by atoms with Crippen LogP contribution in [-0.4, -0.2) is 23.2 Å².